The van der Waals surface area contributed by atoms with Crippen LogP contribution in [0, 0.1) is 0 Å². The van der Waals surface area contributed by atoms with E-state index >= 15 is 0 Å². The number of aromatic nitrogens is 3. The summed E-state index contributed by atoms with van der Waals surface area (Å²) in [5.41, 5.74) is 2.65. The number of amides is 1. The predicted octanol–water partition coefficient (Wildman–Crippen LogP) is 2.89. The number of fused-ring (bicyclic) bond motifs is 1. The van der Waals surface area contributed by atoms with Crippen molar-refractivity contribution in [2.75, 3.05) is 30.4 Å². The Kier molecular flexibility index (Phi) is 6.84. The van der Waals surface area contributed by atoms with Gasteiger partial charge in [0.1, 0.15) is 5.65 Å². The fourth-order valence-electron chi connectivity index (χ4n) is 3.80. The number of hydrogen-bond donors (Lipinski definition) is 3. The van der Waals surface area contributed by atoms with Gasteiger partial charge in [0.25, 0.3) is 5.91 Å². The number of pyridine rings is 2. The lowest BCUT2D eigenvalue weighted by Crippen LogP contribution is -2.44. The van der Waals surface area contributed by atoms with Crippen LogP contribution in [0.3, 0.4) is 0 Å². The van der Waals surface area contributed by atoms with Crippen molar-refractivity contribution in [1.29, 1.82) is 0 Å². The summed E-state index contributed by atoms with van der Waals surface area (Å²) in [5, 5.41) is 7.21. The van der Waals surface area contributed by atoms with Crippen molar-refractivity contribution in [2.24, 2.45) is 7.05 Å². The van der Waals surface area contributed by atoms with Crippen molar-refractivity contribution in [1.82, 2.24) is 19.9 Å². The van der Waals surface area contributed by atoms with Gasteiger partial charge in [-0.1, -0.05) is 0 Å². The van der Waals surface area contributed by atoms with Gasteiger partial charge in [0.05, 0.1) is 26.8 Å². The topological polar surface area (TPSA) is 95.1 Å². The number of halogens is 2. The van der Waals surface area contributed by atoms with Gasteiger partial charge in [-0.3, -0.25) is 9.59 Å². The van der Waals surface area contributed by atoms with E-state index in [9.17, 15) is 9.59 Å². The molecule has 1 aliphatic rings. The summed E-state index contributed by atoms with van der Waals surface area (Å²) in [6.45, 7) is 1.82. The summed E-state index contributed by atoms with van der Waals surface area (Å²) in [4.78, 5) is 34.3. The third-order valence-electron chi connectivity index (χ3n) is 5.37. The molecule has 160 valence electrons. The van der Waals surface area contributed by atoms with Crippen LogP contribution in [0.5, 0.6) is 0 Å². The van der Waals surface area contributed by atoms with E-state index in [0.717, 1.165) is 41.5 Å². The maximum absolute atomic E-state index is 12.8. The number of rotatable bonds is 4. The van der Waals surface area contributed by atoms with E-state index in [4.69, 9.17) is 0 Å². The lowest BCUT2D eigenvalue weighted by molar-refractivity contribution is 0.102. The Balaban J connectivity index is 0.00000256. The molecule has 1 atom stereocenters. The van der Waals surface area contributed by atoms with Crippen molar-refractivity contribution in [3.8, 4) is 0 Å². The first-order chi connectivity index (χ1) is 14.0. The van der Waals surface area contributed by atoms with Gasteiger partial charge in [-0.25, -0.2) is 4.98 Å². The second kappa shape index (κ2) is 9.20. The Morgan fingerprint density at radius 2 is 2.17 bits per heavy atom. The average Bonchev–Trinajstić information content (AvgIpc) is 3.12. The van der Waals surface area contributed by atoms with E-state index in [-0.39, 0.29) is 23.9 Å². The minimum Gasteiger partial charge on any atom is -0.368 e. The number of H-pyrrole nitrogens is 1. The molecule has 1 saturated heterocycles. The highest BCUT2D eigenvalue weighted by Gasteiger charge is 2.25. The third-order valence-corrected chi connectivity index (χ3v) is 5.95. The van der Waals surface area contributed by atoms with E-state index in [1.54, 1.807) is 19.4 Å². The molecule has 8 nitrogen and oxygen atoms in total. The van der Waals surface area contributed by atoms with Gasteiger partial charge < -0.3 is 25.1 Å². The van der Waals surface area contributed by atoms with Crippen LogP contribution < -0.4 is 21.1 Å². The summed E-state index contributed by atoms with van der Waals surface area (Å²) in [6, 6.07) is 3.34. The molecule has 1 amide bonds. The van der Waals surface area contributed by atoms with Crippen LogP contribution in [-0.4, -0.2) is 46.6 Å². The molecular formula is C20H24BrClN6O2. The second-order valence-corrected chi connectivity index (χ2v) is 8.13. The van der Waals surface area contributed by atoms with Crippen LogP contribution >= 0.6 is 28.3 Å². The van der Waals surface area contributed by atoms with E-state index in [2.05, 4.69) is 41.4 Å². The van der Waals surface area contributed by atoms with Crippen LogP contribution in [-0.2, 0) is 7.05 Å². The second-order valence-electron chi connectivity index (χ2n) is 7.28. The minimum absolute atomic E-state index is 0. The highest BCUT2D eigenvalue weighted by atomic mass is 79.9. The fraction of sp³-hybridized carbons (Fsp3) is 0.350. The molecule has 1 fully saturated rings. The summed E-state index contributed by atoms with van der Waals surface area (Å²) < 4.78 is 2.28. The van der Waals surface area contributed by atoms with Crippen molar-refractivity contribution < 1.29 is 4.79 Å². The largest absolute Gasteiger partial charge is 0.368 e. The highest BCUT2D eigenvalue weighted by Crippen LogP contribution is 2.39. The Hall–Kier alpha value is -2.36. The summed E-state index contributed by atoms with van der Waals surface area (Å²) in [6.07, 6.45) is 7.31. The molecule has 10 heteroatoms. The Bertz CT molecular complexity index is 1130. The zero-order valence-electron chi connectivity index (χ0n) is 16.7. The van der Waals surface area contributed by atoms with E-state index in [0.29, 0.717) is 22.9 Å². The van der Waals surface area contributed by atoms with Crippen LogP contribution in [0.15, 0.2) is 40.0 Å². The molecule has 1 aliphatic heterocycles. The number of carbonyl (C=O) groups is 1. The van der Waals surface area contributed by atoms with Crippen LogP contribution in [0.25, 0.3) is 11.0 Å². The van der Waals surface area contributed by atoms with Gasteiger partial charge in [-0.2, -0.15) is 0 Å². The van der Waals surface area contributed by atoms with Crippen molar-refractivity contribution >= 4 is 56.7 Å². The monoisotopic (exact) mass is 494 g/mol. The number of nitrogens with zero attached hydrogens (tertiary/aromatic N) is 3. The van der Waals surface area contributed by atoms with Gasteiger partial charge in [0, 0.05) is 50.8 Å². The molecule has 0 saturated carbocycles. The lowest BCUT2D eigenvalue weighted by Gasteiger charge is -2.35. The normalized spacial score (nSPS) is 16.4. The minimum atomic E-state index is -0.279. The quantitative estimate of drug-likeness (QED) is 0.517. The highest BCUT2D eigenvalue weighted by molar-refractivity contribution is 9.10. The number of likely N-dealkylation sites (N-methyl/N-ethyl adjacent to an activating group) is 1. The number of aromatic amines is 1. The predicted molar refractivity (Wildman–Crippen MR) is 125 cm³/mol. The van der Waals surface area contributed by atoms with Gasteiger partial charge >= 0.3 is 0 Å². The molecule has 3 N–H and O–H groups in total. The van der Waals surface area contributed by atoms with Crippen LogP contribution in [0.1, 0.15) is 23.2 Å². The van der Waals surface area contributed by atoms with E-state index in [1.807, 2.05) is 7.05 Å². The fourth-order valence-corrected chi connectivity index (χ4v) is 4.35. The van der Waals surface area contributed by atoms with Crippen LogP contribution in [0.2, 0.25) is 0 Å². The number of carbonyl (C=O) groups excluding carboxylic acids is 1. The summed E-state index contributed by atoms with van der Waals surface area (Å²) in [5.74, 6) is -0.279. The van der Waals surface area contributed by atoms with Gasteiger partial charge in [0.2, 0.25) is 5.56 Å². The molecule has 0 unspecified atom stereocenters. The van der Waals surface area contributed by atoms with E-state index in [1.165, 1.54) is 22.9 Å². The Morgan fingerprint density at radius 3 is 2.90 bits per heavy atom. The number of aryl methyl sites for hydroxylation is 1. The summed E-state index contributed by atoms with van der Waals surface area (Å²) >= 11 is 3.65. The van der Waals surface area contributed by atoms with Crippen LogP contribution in [0.4, 0.5) is 11.4 Å². The standard InChI is InChI=1S/C20H23BrN6O2.ClH/c1-22-13-4-3-7-27(11-13)18-14(21)8-23-19-17(18)15(9-24-19)25-20(29)12-5-6-16(28)26(2)10-12;/h5-6,8-10,13,22H,3-4,7,11H2,1-2H3,(H,23,24)(H,25,29);1H/t13-;/m1./s1. The summed E-state index contributed by atoms with van der Waals surface area (Å²) in [7, 11) is 3.61. The molecule has 0 aliphatic carbocycles. The smallest absolute Gasteiger partial charge is 0.257 e. The molecule has 30 heavy (non-hydrogen) atoms. The van der Waals surface area contributed by atoms with Crippen molar-refractivity contribution in [2.45, 2.75) is 18.9 Å². The maximum Gasteiger partial charge on any atom is 0.257 e. The first-order valence-electron chi connectivity index (χ1n) is 9.53. The van der Waals surface area contributed by atoms with Crippen molar-refractivity contribution in [3.05, 3.63) is 51.1 Å². The Labute approximate surface area is 188 Å². The molecule has 0 radical (unpaired) electrons. The number of hydrogen-bond acceptors (Lipinski definition) is 5. The average molecular weight is 496 g/mol. The molecule has 4 rings (SSSR count). The molecule has 0 aromatic carbocycles. The molecule has 3 aromatic heterocycles. The number of piperidine rings is 1. The van der Waals surface area contributed by atoms with E-state index < -0.39 is 0 Å². The molecular weight excluding hydrogens is 472 g/mol. The molecule has 3 aromatic rings. The number of anilines is 2. The molecule has 4 heterocycles. The maximum atomic E-state index is 12.8. The lowest BCUT2D eigenvalue weighted by atomic mass is 10.0. The number of nitrogens with one attached hydrogen (secondary N) is 3. The third kappa shape index (κ3) is 4.23. The van der Waals surface area contributed by atoms with Crippen molar-refractivity contribution in [3.63, 3.8) is 0 Å². The first-order valence-corrected chi connectivity index (χ1v) is 10.3. The molecule has 0 bridgehead atoms. The SMILES string of the molecule is CN[C@@H]1CCCN(c2c(Br)cnc3[nH]cc(NC(=O)c4ccc(=O)n(C)c4)c23)C1.Cl. The first kappa shape index (κ1) is 22.3. The zero-order valence-corrected chi connectivity index (χ0v) is 19.1. The van der Waals surface area contributed by atoms with Gasteiger partial charge in [0.15, 0.2) is 0 Å². The molecule has 0 spiro atoms. The zero-order chi connectivity index (χ0) is 20.5. The Morgan fingerprint density at radius 1 is 1.37 bits per heavy atom. The van der Waals surface area contributed by atoms with Gasteiger partial charge in [-0.05, 0) is 41.9 Å². The van der Waals surface area contributed by atoms with Gasteiger partial charge in [-0.15, -0.1) is 12.4 Å².